The molecule has 0 saturated carbocycles. The number of carbonyl (C=O) groups is 1. The van der Waals surface area contributed by atoms with Crippen LogP contribution in [-0.2, 0) is 0 Å². The fourth-order valence-corrected chi connectivity index (χ4v) is 1.35. The highest BCUT2D eigenvalue weighted by molar-refractivity contribution is 9.10. The molecule has 16 heavy (non-hydrogen) atoms. The zero-order valence-corrected chi connectivity index (χ0v) is 10.2. The number of benzene rings is 1. The fourth-order valence-electron chi connectivity index (χ4n) is 1.02. The van der Waals surface area contributed by atoms with E-state index in [-0.39, 0.29) is 18.3 Å². The Morgan fingerprint density at radius 1 is 1.62 bits per heavy atom. The van der Waals surface area contributed by atoms with E-state index in [1.54, 1.807) is 13.0 Å². The van der Waals surface area contributed by atoms with E-state index in [1.807, 2.05) is 0 Å². The highest BCUT2D eigenvalue weighted by Crippen LogP contribution is 2.19. The van der Waals surface area contributed by atoms with Crippen LogP contribution >= 0.6 is 15.9 Å². The molecule has 0 aliphatic carbocycles. The Morgan fingerprint density at radius 3 is 2.88 bits per heavy atom. The van der Waals surface area contributed by atoms with E-state index in [4.69, 9.17) is 5.11 Å². The Bertz CT molecular complexity index is 387. The number of urea groups is 1. The molecule has 0 heterocycles. The third-order valence-corrected chi connectivity index (χ3v) is 2.32. The smallest absolute Gasteiger partial charge is 0.319 e. The number of hydrogen-bond donors (Lipinski definition) is 3. The summed E-state index contributed by atoms with van der Waals surface area (Å²) in [6, 6.07) is 3.39. The topological polar surface area (TPSA) is 61.4 Å². The van der Waals surface area contributed by atoms with E-state index in [1.165, 1.54) is 12.1 Å². The molecule has 3 N–H and O–H groups in total. The average molecular weight is 291 g/mol. The van der Waals surface area contributed by atoms with Crippen molar-refractivity contribution in [2.75, 3.05) is 11.9 Å². The van der Waals surface area contributed by atoms with Gasteiger partial charge in [0.1, 0.15) is 5.82 Å². The van der Waals surface area contributed by atoms with Crippen LogP contribution in [0.4, 0.5) is 14.9 Å². The van der Waals surface area contributed by atoms with Gasteiger partial charge in [0.15, 0.2) is 0 Å². The van der Waals surface area contributed by atoms with Crippen molar-refractivity contribution >= 4 is 27.6 Å². The van der Waals surface area contributed by atoms with Gasteiger partial charge < -0.3 is 15.7 Å². The van der Waals surface area contributed by atoms with Crippen LogP contribution < -0.4 is 10.6 Å². The summed E-state index contributed by atoms with van der Waals surface area (Å²) >= 11 is 3.11. The number of amides is 2. The molecule has 0 bridgehead atoms. The first-order chi connectivity index (χ1) is 7.52. The number of hydrogen-bond acceptors (Lipinski definition) is 2. The highest BCUT2D eigenvalue weighted by Gasteiger charge is 2.09. The van der Waals surface area contributed by atoms with Gasteiger partial charge in [-0.1, -0.05) is 15.9 Å². The minimum absolute atomic E-state index is 0.0887. The maximum absolute atomic E-state index is 13.3. The molecule has 6 heteroatoms. The van der Waals surface area contributed by atoms with Crippen LogP contribution in [0.5, 0.6) is 0 Å². The number of anilines is 1. The molecular formula is C10H12BrFN2O2. The summed E-state index contributed by atoms with van der Waals surface area (Å²) in [5.41, 5.74) is 0.0887. The number of rotatable bonds is 3. The zero-order valence-electron chi connectivity index (χ0n) is 8.63. The summed E-state index contributed by atoms with van der Waals surface area (Å²) in [6.45, 7) is 1.47. The highest BCUT2D eigenvalue weighted by atomic mass is 79.9. The fraction of sp³-hybridized carbons (Fsp3) is 0.300. The molecule has 0 aromatic heterocycles. The number of halogens is 2. The third kappa shape index (κ3) is 3.79. The first-order valence-corrected chi connectivity index (χ1v) is 5.45. The van der Waals surface area contributed by atoms with E-state index >= 15 is 0 Å². The van der Waals surface area contributed by atoms with Gasteiger partial charge in [-0.2, -0.15) is 0 Å². The molecule has 0 radical (unpaired) electrons. The van der Waals surface area contributed by atoms with Crippen molar-refractivity contribution < 1.29 is 14.3 Å². The lowest BCUT2D eigenvalue weighted by Gasteiger charge is -2.12. The van der Waals surface area contributed by atoms with E-state index < -0.39 is 11.8 Å². The Labute approximate surface area is 101 Å². The lowest BCUT2D eigenvalue weighted by molar-refractivity contribution is 0.229. The Kier molecular flexibility index (Phi) is 4.70. The second-order valence-electron chi connectivity index (χ2n) is 3.31. The Balaban J connectivity index is 2.63. The molecule has 0 spiro atoms. The lowest BCUT2D eigenvalue weighted by Crippen LogP contribution is -2.38. The van der Waals surface area contributed by atoms with Crippen LogP contribution in [0, 0.1) is 5.82 Å². The normalized spacial score (nSPS) is 12.0. The van der Waals surface area contributed by atoms with Crippen molar-refractivity contribution in [1.82, 2.24) is 5.32 Å². The predicted molar refractivity (Wildman–Crippen MR) is 62.8 cm³/mol. The molecule has 88 valence electrons. The van der Waals surface area contributed by atoms with Crippen LogP contribution in [-0.4, -0.2) is 23.8 Å². The van der Waals surface area contributed by atoms with Gasteiger partial charge in [-0.05, 0) is 25.1 Å². The summed E-state index contributed by atoms with van der Waals surface area (Å²) in [4.78, 5) is 11.3. The number of aliphatic hydroxyl groups is 1. The quantitative estimate of drug-likeness (QED) is 0.798. The zero-order chi connectivity index (χ0) is 12.1. The van der Waals surface area contributed by atoms with Crippen LogP contribution in [0.15, 0.2) is 22.7 Å². The Hall–Kier alpha value is -1.14. The summed E-state index contributed by atoms with van der Waals surface area (Å²) in [7, 11) is 0. The standard InChI is InChI=1S/C10H12BrFN2O2/c1-6(5-15)13-10(16)14-9-3-2-7(11)4-8(9)12/h2-4,6,15H,5H2,1H3,(H2,13,14,16)/t6-/m0/s1. The monoisotopic (exact) mass is 290 g/mol. The van der Waals surface area contributed by atoms with E-state index in [0.717, 1.165) is 0 Å². The van der Waals surface area contributed by atoms with Crippen molar-refractivity contribution in [2.24, 2.45) is 0 Å². The van der Waals surface area contributed by atoms with Crippen LogP contribution in [0.25, 0.3) is 0 Å². The van der Waals surface area contributed by atoms with Crippen LogP contribution in [0.1, 0.15) is 6.92 Å². The minimum Gasteiger partial charge on any atom is -0.394 e. The maximum atomic E-state index is 13.3. The molecule has 1 rings (SSSR count). The molecule has 1 aromatic rings. The molecular weight excluding hydrogens is 279 g/mol. The third-order valence-electron chi connectivity index (χ3n) is 1.83. The van der Waals surface area contributed by atoms with Crippen molar-refractivity contribution in [1.29, 1.82) is 0 Å². The van der Waals surface area contributed by atoms with E-state index in [2.05, 4.69) is 26.6 Å². The molecule has 1 aromatic carbocycles. The molecule has 0 fully saturated rings. The predicted octanol–water partition coefficient (Wildman–Crippen LogP) is 2.09. The van der Waals surface area contributed by atoms with E-state index in [0.29, 0.717) is 4.47 Å². The SMILES string of the molecule is C[C@@H](CO)NC(=O)Nc1ccc(Br)cc1F. The summed E-state index contributed by atoms with van der Waals surface area (Å²) in [5.74, 6) is -0.527. The molecule has 0 aliphatic rings. The van der Waals surface area contributed by atoms with Gasteiger partial charge in [0.25, 0.3) is 0 Å². The number of carbonyl (C=O) groups excluding carboxylic acids is 1. The molecule has 2 amide bonds. The molecule has 0 unspecified atom stereocenters. The first kappa shape index (κ1) is 12.9. The number of nitrogens with one attached hydrogen (secondary N) is 2. The van der Waals surface area contributed by atoms with Crippen LogP contribution in [0.2, 0.25) is 0 Å². The van der Waals surface area contributed by atoms with Gasteiger partial charge >= 0.3 is 6.03 Å². The van der Waals surface area contributed by atoms with Gasteiger partial charge in [-0.3, -0.25) is 0 Å². The summed E-state index contributed by atoms with van der Waals surface area (Å²) in [6.07, 6.45) is 0. The average Bonchev–Trinajstić information content (AvgIpc) is 2.22. The van der Waals surface area contributed by atoms with Crippen LogP contribution in [0.3, 0.4) is 0 Å². The molecule has 0 aliphatic heterocycles. The lowest BCUT2D eigenvalue weighted by atomic mass is 10.3. The van der Waals surface area contributed by atoms with Crippen molar-refractivity contribution in [3.05, 3.63) is 28.5 Å². The molecule has 4 nitrogen and oxygen atoms in total. The molecule has 0 saturated heterocycles. The van der Waals surface area contributed by atoms with Gasteiger partial charge in [0.2, 0.25) is 0 Å². The Morgan fingerprint density at radius 2 is 2.31 bits per heavy atom. The first-order valence-electron chi connectivity index (χ1n) is 4.66. The van der Waals surface area contributed by atoms with Gasteiger partial charge in [-0.25, -0.2) is 9.18 Å². The van der Waals surface area contributed by atoms with Gasteiger partial charge in [0.05, 0.1) is 18.3 Å². The largest absolute Gasteiger partial charge is 0.394 e. The summed E-state index contributed by atoms with van der Waals surface area (Å²) in [5, 5.41) is 13.5. The van der Waals surface area contributed by atoms with Crippen molar-refractivity contribution in [3.63, 3.8) is 0 Å². The van der Waals surface area contributed by atoms with Crippen molar-refractivity contribution in [2.45, 2.75) is 13.0 Å². The second kappa shape index (κ2) is 5.81. The number of aliphatic hydroxyl groups excluding tert-OH is 1. The second-order valence-corrected chi connectivity index (χ2v) is 4.22. The van der Waals surface area contributed by atoms with Gasteiger partial charge in [0, 0.05) is 4.47 Å². The minimum atomic E-state index is -0.553. The maximum Gasteiger partial charge on any atom is 0.319 e. The van der Waals surface area contributed by atoms with Crippen molar-refractivity contribution in [3.8, 4) is 0 Å². The van der Waals surface area contributed by atoms with E-state index in [9.17, 15) is 9.18 Å². The van der Waals surface area contributed by atoms with Gasteiger partial charge in [-0.15, -0.1) is 0 Å². The summed E-state index contributed by atoms with van der Waals surface area (Å²) < 4.78 is 13.9. The molecule has 1 atom stereocenters.